The summed E-state index contributed by atoms with van der Waals surface area (Å²) in [5.74, 6) is 0.518. The number of hydrogen-bond acceptors (Lipinski definition) is 4. The summed E-state index contributed by atoms with van der Waals surface area (Å²) in [6.07, 6.45) is 1.76. The molecule has 0 aliphatic carbocycles. The first-order valence-corrected chi connectivity index (χ1v) is 12.6. The third-order valence-electron chi connectivity index (χ3n) is 6.34. The fraction of sp³-hybridized carbons (Fsp3) is 0.241. The largest absolute Gasteiger partial charge is 0.439 e. The molecule has 2 heterocycles. The van der Waals surface area contributed by atoms with E-state index in [1.807, 2.05) is 37.4 Å². The summed E-state index contributed by atoms with van der Waals surface area (Å²) in [7, 11) is 1.81. The number of benzene rings is 3. The molecule has 1 aromatic heterocycles. The average Bonchev–Trinajstić information content (AvgIpc) is 3.54. The summed E-state index contributed by atoms with van der Waals surface area (Å²) in [5.41, 5.74) is 2.79. The molecule has 3 aromatic carbocycles. The molecule has 8 heteroatoms. The molecule has 0 bridgehead atoms. The molecular formula is C29H27ClFN3O3. The lowest BCUT2D eigenvalue weighted by molar-refractivity contribution is 0.0506. The van der Waals surface area contributed by atoms with Gasteiger partial charge < -0.3 is 14.4 Å². The van der Waals surface area contributed by atoms with Crippen molar-refractivity contribution in [2.45, 2.75) is 25.5 Å². The van der Waals surface area contributed by atoms with Crippen LogP contribution in [0.2, 0.25) is 5.02 Å². The summed E-state index contributed by atoms with van der Waals surface area (Å²) in [5, 5.41) is 5.38. The van der Waals surface area contributed by atoms with Crippen LogP contribution in [0.3, 0.4) is 0 Å². The van der Waals surface area contributed by atoms with E-state index in [0.717, 1.165) is 29.7 Å². The molecule has 190 valence electrons. The molecule has 0 saturated carbocycles. The maximum Gasteiger partial charge on any atom is 0.254 e. The molecule has 37 heavy (non-hydrogen) atoms. The first-order valence-electron chi connectivity index (χ1n) is 12.2. The molecule has 0 N–H and O–H groups in total. The normalized spacial score (nSPS) is 15.1. The molecule has 1 aliphatic rings. The average molecular weight is 520 g/mol. The van der Waals surface area contributed by atoms with Crippen molar-refractivity contribution in [3.8, 4) is 22.9 Å². The van der Waals surface area contributed by atoms with Crippen molar-refractivity contribution in [1.29, 1.82) is 0 Å². The highest BCUT2D eigenvalue weighted by Gasteiger charge is 2.28. The Balaban J connectivity index is 1.55. The van der Waals surface area contributed by atoms with E-state index in [4.69, 9.17) is 26.2 Å². The molecule has 4 aromatic rings. The van der Waals surface area contributed by atoms with Crippen molar-refractivity contribution < 1.29 is 18.7 Å². The molecule has 1 saturated heterocycles. The number of hydrogen-bond donors (Lipinski definition) is 0. The van der Waals surface area contributed by atoms with Crippen LogP contribution in [0.15, 0.2) is 78.9 Å². The molecular weight excluding hydrogens is 493 g/mol. The van der Waals surface area contributed by atoms with Crippen molar-refractivity contribution in [2.75, 3.05) is 13.2 Å². The van der Waals surface area contributed by atoms with Gasteiger partial charge in [-0.15, -0.1) is 0 Å². The van der Waals surface area contributed by atoms with E-state index in [-0.39, 0.29) is 24.4 Å². The monoisotopic (exact) mass is 519 g/mol. The van der Waals surface area contributed by atoms with E-state index in [0.29, 0.717) is 35.4 Å². The predicted molar refractivity (Wildman–Crippen MR) is 140 cm³/mol. The van der Waals surface area contributed by atoms with Crippen molar-refractivity contribution in [3.63, 3.8) is 0 Å². The van der Waals surface area contributed by atoms with Crippen LogP contribution in [0.5, 0.6) is 11.6 Å². The second-order valence-corrected chi connectivity index (χ2v) is 9.44. The minimum absolute atomic E-state index is 0.0677. The molecule has 0 radical (unpaired) electrons. The molecule has 1 aliphatic heterocycles. The molecule has 6 nitrogen and oxygen atoms in total. The van der Waals surface area contributed by atoms with Gasteiger partial charge in [-0.05, 0) is 61.4 Å². The molecule has 0 spiro atoms. The van der Waals surface area contributed by atoms with Crippen LogP contribution >= 0.6 is 11.6 Å². The van der Waals surface area contributed by atoms with Crippen LogP contribution in [-0.2, 0) is 18.3 Å². The molecule has 1 atom stereocenters. The summed E-state index contributed by atoms with van der Waals surface area (Å²) in [6, 6.07) is 22.5. The van der Waals surface area contributed by atoms with E-state index in [2.05, 4.69) is 0 Å². The second-order valence-electron chi connectivity index (χ2n) is 9.01. The number of amides is 1. The first kappa shape index (κ1) is 25.0. The zero-order valence-corrected chi connectivity index (χ0v) is 21.2. The zero-order chi connectivity index (χ0) is 25.8. The Labute approximate surface area is 220 Å². The Morgan fingerprint density at radius 2 is 1.84 bits per heavy atom. The number of aryl methyl sites for hydroxylation is 1. The topological polar surface area (TPSA) is 56.6 Å². The van der Waals surface area contributed by atoms with Gasteiger partial charge in [0, 0.05) is 36.3 Å². The van der Waals surface area contributed by atoms with E-state index in [1.54, 1.807) is 33.8 Å². The number of ether oxygens (including phenoxy) is 2. The van der Waals surface area contributed by atoms with E-state index < -0.39 is 0 Å². The third-order valence-corrected chi connectivity index (χ3v) is 6.59. The minimum Gasteiger partial charge on any atom is -0.439 e. The smallest absolute Gasteiger partial charge is 0.254 e. The summed E-state index contributed by atoms with van der Waals surface area (Å²) < 4.78 is 27.4. The highest BCUT2D eigenvalue weighted by atomic mass is 35.5. The summed E-state index contributed by atoms with van der Waals surface area (Å²) >= 11 is 6.06. The van der Waals surface area contributed by atoms with Crippen LogP contribution in [0, 0.1) is 5.82 Å². The number of nitrogens with zero attached hydrogens (tertiary/aromatic N) is 3. The van der Waals surface area contributed by atoms with E-state index in [1.165, 1.54) is 24.3 Å². The maximum absolute atomic E-state index is 13.7. The number of halogens is 2. The Hall–Kier alpha value is -3.68. The summed E-state index contributed by atoms with van der Waals surface area (Å²) in [4.78, 5) is 15.4. The number of carbonyl (C=O) groups is 1. The van der Waals surface area contributed by atoms with Gasteiger partial charge in [0.2, 0.25) is 5.88 Å². The van der Waals surface area contributed by atoms with Crippen LogP contribution < -0.4 is 4.74 Å². The standard InChI is InChI=1S/C29H27ClFN3O3/c1-33-29(37-24-15-11-22(30)12-16-24)26(27(32-33)20-6-3-2-4-7-20)19-34(18-25-8-5-17-36-25)28(35)21-9-13-23(31)14-10-21/h2-4,6-7,9-16,25H,5,8,17-19H2,1H3/t25-/m0/s1. The number of carbonyl (C=O) groups excluding carboxylic acids is 1. The van der Waals surface area contributed by atoms with Gasteiger partial charge in [-0.25, -0.2) is 9.07 Å². The Kier molecular flexibility index (Phi) is 7.53. The number of aromatic nitrogens is 2. The lowest BCUT2D eigenvalue weighted by Gasteiger charge is -2.26. The van der Waals surface area contributed by atoms with Crippen LogP contribution in [-0.4, -0.2) is 39.8 Å². The predicted octanol–water partition coefficient (Wildman–Crippen LogP) is 6.49. The van der Waals surface area contributed by atoms with E-state index >= 15 is 0 Å². The van der Waals surface area contributed by atoms with Crippen molar-refractivity contribution >= 4 is 17.5 Å². The first-order chi connectivity index (χ1) is 18.0. The molecule has 0 unspecified atom stereocenters. The van der Waals surface area contributed by atoms with Gasteiger partial charge in [-0.2, -0.15) is 5.10 Å². The van der Waals surface area contributed by atoms with Crippen LogP contribution in [0.4, 0.5) is 4.39 Å². The highest BCUT2D eigenvalue weighted by molar-refractivity contribution is 6.30. The summed E-state index contributed by atoms with van der Waals surface area (Å²) in [6.45, 7) is 1.31. The Morgan fingerprint density at radius 3 is 2.51 bits per heavy atom. The third kappa shape index (κ3) is 5.84. The van der Waals surface area contributed by atoms with Crippen molar-refractivity contribution in [2.24, 2.45) is 7.05 Å². The van der Waals surface area contributed by atoms with Gasteiger partial charge in [0.05, 0.1) is 18.2 Å². The molecule has 1 amide bonds. The van der Waals surface area contributed by atoms with Crippen molar-refractivity contribution in [1.82, 2.24) is 14.7 Å². The quantitative estimate of drug-likeness (QED) is 0.267. The van der Waals surface area contributed by atoms with E-state index in [9.17, 15) is 9.18 Å². The Morgan fingerprint density at radius 1 is 1.11 bits per heavy atom. The Bertz CT molecular complexity index is 1350. The fourth-order valence-electron chi connectivity index (χ4n) is 4.48. The zero-order valence-electron chi connectivity index (χ0n) is 20.4. The fourth-order valence-corrected chi connectivity index (χ4v) is 4.61. The lowest BCUT2D eigenvalue weighted by atomic mass is 10.1. The molecule has 1 fully saturated rings. The van der Waals surface area contributed by atoms with Gasteiger partial charge in [0.1, 0.15) is 17.3 Å². The lowest BCUT2D eigenvalue weighted by Crippen LogP contribution is -2.37. The van der Waals surface area contributed by atoms with Gasteiger partial charge >= 0.3 is 0 Å². The van der Waals surface area contributed by atoms with Crippen LogP contribution in [0.1, 0.15) is 28.8 Å². The SMILES string of the molecule is Cn1nc(-c2ccccc2)c(CN(C[C@@H]2CCCO2)C(=O)c2ccc(F)cc2)c1Oc1ccc(Cl)cc1. The number of rotatable bonds is 8. The maximum atomic E-state index is 13.7. The van der Waals surface area contributed by atoms with Gasteiger partial charge in [-0.3, -0.25) is 4.79 Å². The van der Waals surface area contributed by atoms with Gasteiger partial charge in [-0.1, -0.05) is 41.9 Å². The van der Waals surface area contributed by atoms with Gasteiger partial charge in [0.25, 0.3) is 5.91 Å². The second kappa shape index (κ2) is 11.2. The van der Waals surface area contributed by atoms with Crippen LogP contribution in [0.25, 0.3) is 11.3 Å². The van der Waals surface area contributed by atoms with Crippen molar-refractivity contribution in [3.05, 3.63) is 101 Å². The highest BCUT2D eigenvalue weighted by Crippen LogP contribution is 2.35. The minimum atomic E-state index is -0.389. The van der Waals surface area contributed by atoms with Gasteiger partial charge in [0.15, 0.2) is 0 Å². The molecule has 5 rings (SSSR count).